The van der Waals surface area contributed by atoms with Crippen LogP contribution in [0.4, 0.5) is 0 Å². The Morgan fingerprint density at radius 1 is 0.473 bits per heavy atom. The highest BCUT2D eigenvalue weighted by Gasteiger charge is 2.47. The van der Waals surface area contributed by atoms with Gasteiger partial charge < -0.3 is 0 Å². The van der Waals surface area contributed by atoms with Crippen LogP contribution in [-0.2, 0) is 19.5 Å². The van der Waals surface area contributed by atoms with Crippen LogP contribution in [0.25, 0.3) is 67.5 Å². The summed E-state index contributed by atoms with van der Waals surface area (Å²) >= 11 is 0. The lowest BCUT2D eigenvalue weighted by molar-refractivity contribution is 0.768. The van der Waals surface area contributed by atoms with Gasteiger partial charge in [-0.3, -0.25) is 9.13 Å². The van der Waals surface area contributed by atoms with Gasteiger partial charge in [0, 0.05) is 30.8 Å². The largest absolute Gasteiger partial charge is 0.328 e. The van der Waals surface area contributed by atoms with Crippen molar-refractivity contribution >= 4 is 11.0 Å². The van der Waals surface area contributed by atoms with Crippen LogP contribution in [0, 0.1) is 0 Å². The van der Waals surface area contributed by atoms with E-state index in [1.807, 2.05) is 91.0 Å². The minimum Gasteiger partial charge on any atom is -0.295 e. The summed E-state index contributed by atoms with van der Waals surface area (Å²) in [6, 6.07) is 41.1. The number of aromatic nitrogens is 5. The van der Waals surface area contributed by atoms with Crippen molar-refractivity contribution in [2.24, 2.45) is 14.1 Å². The molecule has 0 spiro atoms. The van der Waals surface area contributed by atoms with Gasteiger partial charge in [0.15, 0.2) is 17.5 Å². The molecule has 0 fully saturated rings. The molecule has 0 N–H and O–H groups in total. The fraction of sp³-hybridized carbons (Fsp3) is 0.0612. The molecule has 55 heavy (non-hydrogen) atoms. The lowest BCUT2D eigenvalue weighted by atomic mass is 9.67. The van der Waals surface area contributed by atoms with Crippen molar-refractivity contribution in [3.63, 3.8) is 0 Å². The quantitative estimate of drug-likeness (QED) is 0.172. The van der Waals surface area contributed by atoms with Gasteiger partial charge in [0.1, 0.15) is 0 Å². The van der Waals surface area contributed by atoms with E-state index in [1.165, 1.54) is 23.2 Å². The summed E-state index contributed by atoms with van der Waals surface area (Å²) in [5, 5.41) is 0. The molecule has 0 radical (unpaired) electrons. The topological polar surface area (TPSA) is 65.6 Å². The molecule has 0 bridgehead atoms. The molecule has 6 heteroatoms. The third-order valence-electron chi connectivity index (χ3n) is 10.5. The number of hydrogen-bond acceptors (Lipinski definition) is 4. The van der Waals surface area contributed by atoms with Crippen LogP contribution in [0.3, 0.4) is 0 Å². The Balaban J connectivity index is 1.25. The summed E-state index contributed by atoms with van der Waals surface area (Å²) in [4.78, 5) is 27.7. The second-order valence-electron chi connectivity index (χ2n) is 13.5. The van der Waals surface area contributed by atoms with E-state index in [-0.39, 0.29) is 57.3 Å². The second kappa shape index (κ2) is 12.7. The van der Waals surface area contributed by atoms with Crippen LogP contribution in [0.5, 0.6) is 0 Å². The molecule has 0 saturated heterocycles. The van der Waals surface area contributed by atoms with Gasteiger partial charge in [0.2, 0.25) is 0 Å². The number of rotatable bonds is 6. The average molecular weight is 717 g/mol. The van der Waals surface area contributed by atoms with Gasteiger partial charge in [0.05, 0.1) is 26.0 Å². The lowest BCUT2D eigenvalue weighted by Crippen LogP contribution is -2.28. The van der Waals surface area contributed by atoms with Crippen molar-refractivity contribution < 1.29 is 9.60 Å². The third-order valence-corrected chi connectivity index (χ3v) is 10.5. The molecule has 0 unspecified atom stereocenters. The van der Waals surface area contributed by atoms with E-state index < -0.39 is 41.3 Å². The molecule has 262 valence electrons. The fourth-order valence-electron chi connectivity index (χ4n) is 7.97. The highest BCUT2D eigenvalue weighted by molar-refractivity contribution is 5.94. The Labute approximate surface area is 328 Å². The molecule has 10 rings (SSSR count). The maximum Gasteiger partial charge on any atom is 0.328 e. The standard InChI is InChI=1S/C49H35N5O/c1-53-42-30-29-35(31-43(42)54(2)48(53)55)32-25-27-34(28-26-32)46-50-45(33-15-6-3-7-16-33)51-47(52-46)39-22-14-24-41-44(39)38-21-12-13-23-40(38)49(41,36-17-8-4-9-18-36)37-19-10-5-11-20-37/h3-31H,1-2H3/i25D,26D,27D,28D,29D,30D,31D. The maximum atomic E-state index is 12.9. The smallest absolute Gasteiger partial charge is 0.295 e. The van der Waals surface area contributed by atoms with E-state index in [2.05, 4.69) is 42.5 Å². The zero-order chi connectivity index (χ0) is 43.2. The molecule has 9 aromatic rings. The van der Waals surface area contributed by atoms with E-state index in [9.17, 15) is 10.3 Å². The summed E-state index contributed by atoms with van der Waals surface area (Å²) in [6.45, 7) is 0. The van der Waals surface area contributed by atoms with Gasteiger partial charge >= 0.3 is 5.69 Å². The Hall–Kier alpha value is -7.18. The predicted octanol–water partition coefficient (Wildman–Crippen LogP) is 10.1. The summed E-state index contributed by atoms with van der Waals surface area (Å²) < 4.78 is 66.6. The summed E-state index contributed by atoms with van der Waals surface area (Å²) in [7, 11) is 2.89. The Kier molecular flexibility index (Phi) is 5.96. The van der Waals surface area contributed by atoms with Gasteiger partial charge in [-0.25, -0.2) is 19.7 Å². The molecule has 0 aliphatic heterocycles. The van der Waals surface area contributed by atoms with E-state index in [0.29, 0.717) is 11.1 Å². The molecular formula is C49H35N5O. The molecule has 1 aliphatic rings. The van der Waals surface area contributed by atoms with Gasteiger partial charge in [-0.2, -0.15) is 0 Å². The highest BCUT2D eigenvalue weighted by Crippen LogP contribution is 2.58. The number of nitrogens with zero attached hydrogens (tertiary/aromatic N) is 5. The summed E-state index contributed by atoms with van der Waals surface area (Å²) in [6.07, 6.45) is 0. The Bertz CT molecular complexity index is 3300. The predicted molar refractivity (Wildman–Crippen MR) is 221 cm³/mol. The van der Waals surface area contributed by atoms with Crippen molar-refractivity contribution in [2.75, 3.05) is 0 Å². The Morgan fingerprint density at radius 3 is 1.67 bits per heavy atom. The first kappa shape index (κ1) is 25.7. The molecule has 0 saturated carbocycles. The van der Waals surface area contributed by atoms with Crippen LogP contribution in [0.15, 0.2) is 181 Å². The monoisotopic (exact) mass is 716 g/mol. The average Bonchev–Trinajstić information content (AvgIpc) is 3.74. The van der Waals surface area contributed by atoms with Crippen LogP contribution >= 0.6 is 0 Å². The lowest BCUT2D eigenvalue weighted by Gasteiger charge is -2.33. The van der Waals surface area contributed by atoms with Crippen molar-refractivity contribution in [2.45, 2.75) is 5.41 Å². The summed E-state index contributed by atoms with van der Waals surface area (Å²) in [5.74, 6) is 0.413. The van der Waals surface area contributed by atoms with E-state index >= 15 is 0 Å². The number of benzene rings is 7. The van der Waals surface area contributed by atoms with Crippen molar-refractivity contribution in [1.82, 2.24) is 24.1 Å². The van der Waals surface area contributed by atoms with Gasteiger partial charge in [-0.1, -0.05) is 164 Å². The van der Waals surface area contributed by atoms with Gasteiger partial charge in [-0.15, -0.1) is 0 Å². The normalized spacial score (nSPS) is 14.5. The number of imidazole rings is 1. The van der Waals surface area contributed by atoms with E-state index in [4.69, 9.17) is 19.1 Å². The Morgan fingerprint density at radius 2 is 0.982 bits per heavy atom. The molecule has 6 nitrogen and oxygen atoms in total. The van der Waals surface area contributed by atoms with Crippen LogP contribution < -0.4 is 5.69 Å². The SMILES string of the molecule is [2H]c1c([2H])c(-c2c([2H])c([2H])c3c(c2[2H])n(C)c(=O)n3C)c([2H])c([2H])c1-c1nc(-c2ccccc2)nc(-c2cccc3c2-c2ccccc2C3(c2ccccc2)c2ccccc2)n1. The molecular weight excluding hydrogens is 675 g/mol. The van der Waals surface area contributed by atoms with E-state index in [1.54, 1.807) is 0 Å². The zero-order valence-electron chi connectivity index (χ0n) is 36.8. The first-order valence-corrected chi connectivity index (χ1v) is 17.9. The summed E-state index contributed by atoms with van der Waals surface area (Å²) in [5.41, 5.74) is 5.56. The minimum absolute atomic E-state index is 0.0459. The van der Waals surface area contributed by atoms with Crippen molar-refractivity contribution in [3.05, 3.63) is 208 Å². The molecule has 2 aromatic heterocycles. The first-order valence-electron chi connectivity index (χ1n) is 21.4. The molecule has 1 aliphatic carbocycles. The molecule has 2 heterocycles. The second-order valence-corrected chi connectivity index (χ2v) is 13.5. The molecule has 7 aromatic carbocycles. The van der Waals surface area contributed by atoms with Crippen LogP contribution in [0.1, 0.15) is 31.8 Å². The molecule has 0 amide bonds. The number of aryl methyl sites for hydroxylation is 2. The van der Waals surface area contributed by atoms with Crippen molar-refractivity contribution in [3.8, 4) is 56.4 Å². The number of fused-ring (bicyclic) bond motifs is 4. The minimum atomic E-state index is -0.706. The maximum absolute atomic E-state index is 12.9. The van der Waals surface area contributed by atoms with Gasteiger partial charge in [-0.05, 0) is 56.6 Å². The van der Waals surface area contributed by atoms with Crippen molar-refractivity contribution in [1.29, 1.82) is 0 Å². The van der Waals surface area contributed by atoms with Crippen LogP contribution in [-0.4, -0.2) is 24.1 Å². The van der Waals surface area contributed by atoms with E-state index in [0.717, 1.165) is 33.4 Å². The van der Waals surface area contributed by atoms with Crippen LogP contribution in [0.2, 0.25) is 0 Å². The zero-order valence-corrected chi connectivity index (χ0v) is 29.8. The number of hydrogen-bond donors (Lipinski definition) is 0. The highest BCUT2D eigenvalue weighted by atomic mass is 16.1. The van der Waals surface area contributed by atoms with Gasteiger partial charge in [0.25, 0.3) is 0 Å². The fourth-order valence-corrected chi connectivity index (χ4v) is 7.97. The third kappa shape index (κ3) is 5.02. The first-order chi connectivity index (χ1) is 30.0. The molecule has 0 atom stereocenters.